The topological polar surface area (TPSA) is 87.0 Å². The van der Waals surface area contributed by atoms with Crippen molar-refractivity contribution in [1.29, 1.82) is 0 Å². The zero-order chi connectivity index (χ0) is 24.4. The van der Waals surface area contributed by atoms with Gasteiger partial charge in [0.2, 0.25) is 0 Å². The summed E-state index contributed by atoms with van der Waals surface area (Å²) in [6.07, 6.45) is 0. The number of rotatable bonds is 7. The van der Waals surface area contributed by atoms with Crippen molar-refractivity contribution in [3.63, 3.8) is 0 Å². The molecule has 0 aliphatic carbocycles. The van der Waals surface area contributed by atoms with Crippen LogP contribution < -0.4 is 9.80 Å². The van der Waals surface area contributed by atoms with Crippen LogP contribution in [0.15, 0.2) is 84.6 Å². The number of nitro benzene ring substituents is 1. The first-order chi connectivity index (χ1) is 16.3. The fourth-order valence-corrected chi connectivity index (χ4v) is 3.96. The molecule has 0 N–H and O–H groups in total. The van der Waals surface area contributed by atoms with Gasteiger partial charge in [-0.15, -0.1) is 0 Å². The van der Waals surface area contributed by atoms with Crippen LogP contribution in [-0.2, 0) is 16.1 Å². The highest BCUT2D eigenvalue weighted by Gasteiger charge is 2.42. The van der Waals surface area contributed by atoms with Crippen LogP contribution in [0.4, 0.5) is 17.1 Å². The quantitative estimate of drug-likeness (QED) is 0.303. The summed E-state index contributed by atoms with van der Waals surface area (Å²) in [7, 11) is 5.53. The van der Waals surface area contributed by atoms with E-state index < -0.39 is 16.7 Å². The van der Waals surface area contributed by atoms with E-state index in [9.17, 15) is 19.7 Å². The molecular weight excluding hydrogens is 432 g/mol. The first-order valence-corrected chi connectivity index (χ1v) is 10.7. The van der Waals surface area contributed by atoms with E-state index >= 15 is 0 Å². The Morgan fingerprint density at radius 2 is 1.53 bits per heavy atom. The predicted molar refractivity (Wildman–Crippen MR) is 131 cm³/mol. The third kappa shape index (κ3) is 4.25. The lowest BCUT2D eigenvalue weighted by atomic mass is 10.0. The molecular formula is C26H24N4O4. The molecule has 1 heterocycles. The number of imide groups is 1. The van der Waals surface area contributed by atoms with E-state index in [-0.39, 0.29) is 17.0 Å². The van der Waals surface area contributed by atoms with Gasteiger partial charge in [-0.25, -0.2) is 4.90 Å². The number of likely N-dealkylation sites (N-methyl/N-ethyl adjacent to an activating group) is 1. The molecule has 2 amide bonds. The normalized spacial score (nSPS) is 13.4. The summed E-state index contributed by atoms with van der Waals surface area (Å²) in [6.45, 7) is 0.414. The smallest absolute Gasteiger partial charge is 0.282 e. The first-order valence-electron chi connectivity index (χ1n) is 10.7. The minimum Gasteiger partial charge on any atom is -0.378 e. The van der Waals surface area contributed by atoms with Crippen molar-refractivity contribution in [3.05, 3.63) is 106 Å². The molecule has 1 aliphatic rings. The second kappa shape index (κ2) is 9.19. The molecule has 8 nitrogen and oxygen atoms in total. The number of anilines is 2. The van der Waals surface area contributed by atoms with Crippen molar-refractivity contribution in [1.82, 2.24) is 4.90 Å². The number of nitro groups is 1. The summed E-state index contributed by atoms with van der Waals surface area (Å²) in [5.74, 6) is -0.905. The molecule has 3 aromatic carbocycles. The average molecular weight is 457 g/mol. The standard InChI is InChI=1S/C26H24N4O4/c1-27(2)21-10-7-11-22(16-21)29-25(31)23(19-12-14-20(15-13-19)30(33)34)24(26(29)32)28(3)17-18-8-5-4-6-9-18/h4-16H,17H2,1-3H3. The lowest BCUT2D eigenvalue weighted by Crippen LogP contribution is -2.34. The SMILES string of the molecule is CN(Cc1ccccc1)C1=C(c2ccc([N+](=O)[O-])cc2)C(=O)N(c2cccc(N(C)C)c2)C1=O. The molecule has 1 aliphatic heterocycles. The van der Waals surface area contributed by atoms with Crippen LogP contribution in [0.3, 0.4) is 0 Å². The maximum absolute atomic E-state index is 13.7. The number of hydrogen-bond acceptors (Lipinski definition) is 6. The van der Waals surface area contributed by atoms with Gasteiger partial charge in [0.1, 0.15) is 5.70 Å². The van der Waals surface area contributed by atoms with Crippen molar-refractivity contribution in [2.75, 3.05) is 30.9 Å². The Balaban J connectivity index is 1.80. The summed E-state index contributed by atoms with van der Waals surface area (Å²) < 4.78 is 0. The predicted octanol–water partition coefficient (Wildman–Crippen LogP) is 4.08. The Bertz CT molecular complexity index is 1280. The van der Waals surface area contributed by atoms with Crippen molar-refractivity contribution in [2.24, 2.45) is 0 Å². The van der Waals surface area contributed by atoms with Crippen molar-refractivity contribution < 1.29 is 14.5 Å². The second-order valence-electron chi connectivity index (χ2n) is 8.23. The van der Waals surface area contributed by atoms with E-state index in [1.54, 1.807) is 30.1 Å². The van der Waals surface area contributed by atoms with Gasteiger partial charge >= 0.3 is 0 Å². The maximum atomic E-state index is 13.7. The van der Waals surface area contributed by atoms with Gasteiger partial charge in [0.15, 0.2) is 0 Å². The van der Waals surface area contributed by atoms with Gasteiger partial charge in [-0.2, -0.15) is 0 Å². The summed E-state index contributed by atoms with van der Waals surface area (Å²) in [4.78, 5) is 42.7. The minimum absolute atomic E-state index is 0.0872. The van der Waals surface area contributed by atoms with Gasteiger partial charge in [-0.05, 0) is 41.5 Å². The third-order valence-corrected chi connectivity index (χ3v) is 5.67. The van der Waals surface area contributed by atoms with Crippen LogP contribution in [0.5, 0.6) is 0 Å². The summed E-state index contributed by atoms with van der Waals surface area (Å²) in [5, 5.41) is 11.1. The zero-order valence-electron chi connectivity index (χ0n) is 19.1. The van der Waals surface area contributed by atoms with Crippen molar-refractivity contribution in [3.8, 4) is 0 Å². The number of nitrogens with zero attached hydrogens (tertiary/aromatic N) is 4. The fourth-order valence-electron chi connectivity index (χ4n) is 3.96. The lowest BCUT2D eigenvalue weighted by Gasteiger charge is -2.22. The van der Waals surface area contributed by atoms with E-state index in [2.05, 4.69) is 0 Å². The highest BCUT2D eigenvalue weighted by molar-refractivity contribution is 6.45. The minimum atomic E-state index is -0.499. The molecule has 3 aromatic rings. The largest absolute Gasteiger partial charge is 0.378 e. The molecule has 0 saturated heterocycles. The number of carbonyl (C=O) groups is 2. The Labute approximate surface area is 197 Å². The molecule has 4 rings (SSSR count). The number of hydrogen-bond donors (Lipinski definition) is 0. The van der Waals surface area contributed by atoms with E-state index in [0.717, 1.165) is 11.3 Å². The van der Waals surface area contributed by atoms with Crippen molar-refractivity contribution >= 4 is 34.4 Å². The molecule has 0 bridgehead atoms. The number of non-ortho nitro benzene ring substituents is 1. The molecule has 0 unspecified atom stereocenters. The van der Waals surface area contributed by atoms with Gasteiger partial charge < -0.3 is 9.80 Å². The average Bonchev–Trinajstić information content (AvgIpc) is 3.09. The summed E-state index contributed by atoms with van der Waals surface area (Å²) >= 11 is 0. The molecule has 8 heteroatoms. The highest BCUT2D eigenvalue weighted by Crippen LogP contribution is 2.36. The van der Waals surface area contributed by atoms with Gasteiger partial charge in [0.05, 0.1) is 16.2 Å². The van der Waals surface area contributed by atoms with Crippen LogP contribution in [0.25, 0.3) is 5.57 Å². The molecule has 0 atom stereocenters. The molecule has 0 radical (unpaired) electrons. The van der Waals surface area contributed by atoms with Gasteiger partial charge in [0, 0.05) is 45.5 Å². The molecule has 0 spiro atoms. The Hall–Kier alpha value is -4.46. The Kier molecular flexibility index (Phi) is 6.14. The van der Waals surface area contributed by atoms with Crippen LogP contribution in [0, 0.1) is 10.1 Å². The van der Waals surface area contributed by atoms with Crippen LogP contribution >= 0.6 is 0 Å². The van der Waals surface area contributed by atoms with Crippen LogP contribution in [0.1, 0.15) is 11.1 Å². The van der Waals surface area contributed by atoms with Crippen molar-refractivity contribution in [2.45, 2.75) is 6.54 Å². The van der Waals surface area contributed by atoms with E-state index in [0.29, 0.717) is 17.8 Å². The van der Waals surface area contributed by atoms with Crippen LogP contribution in [-0.4, -0.2) is 42.8 Å². The summed E-state index contributed by atoms with van der Waals surface area (Å²) in [5.41, 5.74) is 3.12. The molecule has 0 aromatic heterocycles. The Morgan fingerprint density at radius 3 is 2.15 bits per heavy atom. The van der Waals surface area contributed by atoms with Gasteiger partial charge in [0.25, 0.3) is 17.5 Å². The number of carbonyl (C=O) groups excluding carboxylic acids is 2. The third-order valence-electron chi connectivity index (χ3n) is 5.67. The maximum Gasteiger partial charge on any atom is 0.282 e. The second-order valence-corrected chi connectivity index (χ2v) is 8.23. The highest BCUT2D eigenvalue weighted by atomic mass is 16.6. The van der Waals surface area contributed by atoms with E-state index in [1.165, 1.54) is 29.2 Å². The number of benzene rings is 3. The van der Waals surface area contributed by atoms with E-state index in [4.69, 9.17) is 0 Å². The fraction of sp³-hybridized carbons (Fsp3) is 0.154. The zero-order valence-corrected chi connectivity index (χ0v) is 19.1. The molecule has 172 valence electrons. The van der Waals surface area contributed by atoms with Gasteiger partial charge in [-0.1, -0.05) is 36.4 Å². The summed E-state index contributed by atoms with van der Waals surface area (Å²) in [6, 6.07) is 22.5. The molecule has 0 saturated carbocycles. The van der Waals surface area contributed by atoms with Gasteiger partial charge in [-0.3, -0.25) is 19.7 Å². The number of amides is 2. The Morgan fingerprint density at radius 1 is 0.853 bits per heavy atom. The molecule has 0 fully saturated rings. The van der Waals surface area contributed by atoms with Crippen LogP contribution in [0.2, 0.25) is 0 Å². The first kappa shape index (κ1) is 22.7. The monoisotopic (exact) mass is 456 g/mol. The van der Waals surface area contributed by atoms with E-state index in [1.807, 2.05) is 55.4 Å². The lowest BCUT2D eigenvalue weighted by molar-refractivity contribution is -0.384. The molecule has 34 heavy (non-hydrogen) atoms.